The summed E-state index contributed by atoms with van der Waals surface area (Å²) in [5.41, 5.74) is 1.74. The molecule has 108 valence electrons. The zero-order valence-electron chi connectivity index (χ0n) is 11.5. The molecule has 1 atom stereocenters. The molecule has 0 bridgehead atoms. The van der Waals surface area contributed by atoms with E-state index in [-0.39, 0.29) is 11.2 Å². The summed E-state index contributed by atoms with van der Waals surface area (Å²) < 4.78 is 1.02. The molecule has 6 heteroatoms. The van der Waals surface area contributed by atoms with Crippen LogP contribution in [0.2, 0.25) is 5.02 Å². The van der Waals surface area contributed by atoms with Crippen molar-refractivity contribution in [3.8, 4) is 0 Å². The van der Waals surface area contributed by atoms with Gasteiger partial charge in [0.2, 0.25) is 5.91 Å². The van der Waals surface area contributed by atoms with E-state index in [1.807, 2.05) is 26.0 Å². The predicted molar refractivity (Wildman–Crippen MR) is 91.2 cm³/mol. The number of nitrogens with one attached hydrogen (secondary N) is 1. The van der Waals surface area contributed by atoms with Crippen LogP contribution in [0.4, 0.5) is 5.69 Å². The number of anilines is 1. The molecule has 0 saturated heterocycles. The lowest BCUT2D eigenvalue weighted by Gasteiger charge is -2.14. The first kappa shape index (κ1) is 15.7. The average molecular weight is 329 g/mol. The summed E-state index contributed by atoms with van der Waals surface area (Å²) in [5.74, 6) is 1.03. The summed E-state index contributed by atoms with van der Waals surface area (Å²) in [7, 11) is 0. The number of carbonyl (C=O) groups is 1. The Bertz CT molecular complexity index is 534. The van der Waals surface area contributed by atoms with Crippen LogP contribution in [-0.2, 0) is 4.79 Å². The fourth-order valence-electron chi connectivity index (χ4n) is 1.72. The predicted octanol–water partition coefficient (Wildman–Crippen LogP) is 4.20. The van der Waals surface area contributed by atoms with Crippen molar-refractivity contribution in [3.05, 3.63) is 28.8 Å². The Morgan fingerprint density at radius 3 is 3.00 bits per heavy atom. The van der Waals surface area contributed by atoms with E-state index in [0.29, 0.717) is 5.02 Å². The Morgan fingerprint density at radius 1 is 1.60 bits per heavy atom. The molecule has 0 radical (unpaired) electrons. The Balaban J connectivity index is 1.99. The van der Waals surface area contributed by atoms with Crippen LogP contribution in [0.3, 0.4) is 0 Å². The molecule has 20 heavy (non-hydrogen) atoms. The molecule has 1 N–H and O–H groups in total. The highest BCUT2D eigenvalue weighted by Gasteiger charge is 2.21. The number of nitrogens with zero attached hydrogens (tertiary/aromatic N) is 1. The number of carbonyl (C=O) groups excluding carboxylic acids is 1. The molecule has 0 aromatic heterocycles. The van der Waals surface area contributed by atoms with E-state index in [4.69, 9.17) is 11.6 Å². The van der Waals surface area contributed by atoms with Gasteiger partial charge >= 0.3 is 0 Å². The minimum absolute atomic E-state index is 0.00706. The number of benzene rings is 1. The number of rotatable bonds is 4. The summed E-state index contributed by atoms with van der Waals surface area (Å²) in [6.07, 6.45) is 0.773. The van der Waals surface area contributed by atoms with Crippen molar-refractivity contribution in [2.75, 3.05) is 17.6 Å². The van der Waals surface area contributed by atoms with Crippen LogP contribution in [0.5, 0.6) is 0 Å². The zero-order chi connectivity index (χ0) is 14.5. The Morgan fingerprint density at radius 2 is 2.40 bits per heavy atom. The van der Waals surface area contributed by atoms with Gasteiger partial charge < -0.3 is 5.32 Å². The molecule has 1 aromatic carbocycles. The van der Waals surface area contributed by atoms with Gasteiger partial charge in [-0.15, -0.1) is 0 Å². The maximum atomic E-state index is 12.3. The average Bonchev–Trinajstić information content (AvgIpc) is 2.93. The van der Waals surface area contributed by atoms with Crippen molar-refractivity contribution < 1.29 is 4.79 Å². The Hall–Kier alpha value is -0.650. The van der Waals surface area contributed by atoms with Crippen molar-refractivity contribution in [2.24, 2.45) is 4.99 Å². The molecule has 1 aliphatic rings. The lowest BCUT2D eigenvalue weighted by Crippen LogP contribution is -2.25. The minimum atomic E-state index is -0.112. The molecule has 0 aliphatic carbocycles. The highest BCUT2D eigenvalue weighted by molar-refractivity contribution is 8.39. The van der Waals surface area contributed by atoms with Gasteiger partial charge in [-0.2, -0.15) is 0 Å². The number of hydrogen-bond donors (Lipinski definition) is 1. The van der Waals surface area contributed by atoms with E-state index in [9.17, 15) is 4.79 Å². The van der Waals surface area contributed by atoms with Crippen molar-refractivity contribution in [2.45, 2.75) is 25.5 Å². The van der Waals surface area contributed by atoms with Crippen molar-refractivity contribution in [3.63, 3.8) is 0 Å². The van der Waals surface area contributed by atoms with Crippen LogP contribution >= 0.6 is 35.1 Å². The van der Waals surface area contributed by atoms with Gasteiger partial charge in [0, 0.05) is 16.5 Å². The maximum absolute atomic E-state index is 12.3. The molecule has 1 heterocycles. The van der Waals surface area contributed by atoms with Crippen LogP contribution in [0, 0.1) is 6.92 Å². The number of thioether (sulfide) groups is 2. The minimum Gasteiger partial charge on any atom is -0.325 e. The van der Waals surface area contributed by atoms with E-state index in [1.165, 1.54) is 0 Å². The summed E-state index contributed by atoms with van der Waals surface area (Å²) in [6, 6.07) is 5.56. The van der Waals surface area contributed by atoms with Crippen LogP contribution < -0.4 is 5.32 Å². The van der Waals surface area contributed by atoms with Gasteiger partial charge in [0.05, 0.1) is 11.8 Å². The molecule has 1 aliphatic heterocycles. The third-order valence-corrected chi connectivity index (χ3v) is 5.88. The van der Waals surface area contributed by atoms with Gasteiger partial charge in [-0.1, -0.05) is 48.1 Å². The van der Waals surface area contributed by atoms with E-state index in [2.05, 4.69) is 10.3 Å². The zero-order valence-corrected chi connectivity index (χ0v) is 13.9. The number of aryl methyl sites for hydroxylation is 1. The van der Waals surface area contributed by atoms with Crippen molar-refractivity contribution >= 4 is 51.1 Å². The largest absolute Gasteiger partial charge is 0.325 e. The molecule has 1 aromatic rings. The van der Waals surface area contributed by atoms with E-state index >= 15 is 0 Å². The molecule has 2 rings (SSSR count). The second kappa shape index (κ2) is 7.38. The van der Waals surface area contributed by atoms with Gasteiger partial charge in [0.15, 0.2) is 0 Å². The van der Waals surface area contributed by atoms with Crippen molar-refractivity contribution in [1.82, 2.24) is 0 Å². The smallest absolute Gasteiger partial charge is 0.237 e. The lowest BCUT2D eigenvalue weighted by atomic mass is 10.2. The maximum Gasteiger partial charge on any atom is 0.237 e. The molecular weight excluding hydrogens is 312 g/mol. The SMILES string of the molecule is CCC(SC1=NCCS1)C(=O)Nc1ccc(C)c(Cl)c1. The van der Waals surface area contributed by atoms with E-state index < -0.39 is 0 Å². The second-order valence-electron chi connectivity index (χ2n) is 4.46. The first-order valence-electron chi connectivity index (χ1n) is 6.51. The number of hydrogen-bond acceptors (Lipinski definition) is 4. The summed E-state index contributed by atoms with van der Waals surface area (Å²) >= 11 is 9.35. The normalized spacial score (nSPS) is 15.8. The third-order valence-electron chi connectivity index (χ3n) is 2.90. The van der Waals surface area contributed by atoms with E-state index in [0.717, 1.165) is 34.3 Å². The highest BCUT2D eigenvalue weighted by atomic mass is 35.5. The molecular formula is C14H17ClN2OS2. The van der Waals surface area contributed by atoms with Crippen LogP contribution in [0.15, 0.2) is 23.2 Å². The molecule has 0 fully saturated rings. The van der Waals surface area contributed by atoms with Crippen molar-refractivity contribution in [1.29, 1.82) is 0 Å². The number of amides is 1. The number of aliphatic imine (C=N–C) groups is 1. The second-order valence-corrected chi connectivity index (χ2v) is 7.40. The molecule has 3 nitrogen and oxygen atoms in total. The quantitative estimate of drug-likeness (QED) is 0.900. The van der Waals surface area contributed by atoms with E-state index in [1.54, 1.807) is 29.6 Å². The Kier molecular flexibility index (Phi) is 5.81. The summed E-state index contributed by atoms with van der Waals surface area (Å²) in [5, 5.41) is 3.48. The topological polar surface area (TPSA) is 41.5 Å². The third kappa shape index (κ3) is 4.17. The number of halogens is 1. The van der Waals surface area contributed by atoms with Crippen LogP contribution in [-0.4, -0.2) is 27.8 Å². The van der Waals surface area contributed by atoms with Gasteiger partial charge in [-0.3, -0.25) is 9.79 Å². The summed E-state index contributed by atoms with van der Waals surface area (Å²) in [4.78, 5) is 16.7. The lowest BCUT2D eigenvalue weighted by molar-refractivity contribution is -0.115. The monoisotopic (exact) mass is 328 g/mol. The van der Waals surface area contributed by atoms with Gasteiger partial charge in [-0.25, -0.2) is 0 Å². The molecule has 1 amide bonds. The van der Waals surface area contributed by atoms with Gasteiger partial charge in [0.25, 0.3) is 0 Å². The highest BCUT2D eigenvalue weighted by Crippen LogP contribution is 2.28. The Labute approximate surface area is 133 Å². The molecule has 0 saturated carbocycles. The summed E-state index contributed by atoms with van der Waals surface area (Å²) in [6.45, 7) is 4.81. The van der Waals surface area contributed by atoms with Crippen LogP contribution in [0.25, 0.3) is 0 Å². The molecule has 0 spiro atoms. The van der Waals surface area contributed by atoms with Gasteiger partial charge in [-0.05, 0) is 31.0 Å². The first-order chi connectivity index (χ1) is 9.60. The van der Waals surface area contributed by atoms with Crippen LogP contribution in [0.1, 0.15) is 18.9 Å². The van der Waals surface area contributed by atoms with Gasteiger partial charge in [0.1, 0.15) is 4.38 Å². The fourth-order valence-corrected chi connectivity index (χ4v) is 4.06. The first-order valence-corrected chi connectivity index (χ1v) is 8.75. The molecule has 1 unspecified atom stereocenters. The fraction of sp³-hybridized carbons (Fsp3) is 0.429. The standard InChI is InChI=1S/C14H17ClN2OS2/c1-3-12(20-14-16-6-7-19-14)13(18)17-10-5-4-9(2)11(15)8-10/h4-5,8,12H,3,6-7H2,1-2H3,(H,17,18).